The van der Waals surface area contributed by atoms with Crippen molar-refractivity contribution >= 4 is 18.6 Å². The second-order valence-electron chi connectivity index (χ2n) is 8.61. The van der Waals surface area contributed by atoms with Crippen molar-refractivity contribution in [1.82, 2.24) is 0 Å². The van der Waals surface area contributed by atoms with E-state index < -0.39 is 0 Å². The molecule has 0 spiro atoms. The zero-order valence-corrected chi connectivity index (χ0v) is 12.6. The number of carbonyl (C=O) groups is 1. The van der Waals surface area contributed by atoms with Crippen LogP contribution in [0.15, 0.2) is 0 Å². The third kappa shape index (κ3) is 1.01. The third-order valence-electron chi connectivity index (χ3n) is 8.50. The highest BCUT2D eigenvalue weighted by molar-refractivity contribution is 7.82. The fourth-order valence-electron chi connectivity index (χ4n) is 8.05. The summed E-state index contributed by atoms with van der Waals surface area (Å²) in [5.41, 5.74) is 0. The molecule has 0 amide bonds. The van der Waals surface area contributed by atoms with Gasteiger partial charge in [-0.1, -0.05) is 0 Å². The number of hydrogen-bond donors (Lipinski definition) is 1. The molecule has 7 aliphatic rings. The van der Waals surface area contributed by atoms with E-state index >= 15 is 0 Å². The van der Waals surface area contributed by atoms with Crippen LogP contribution in [0, 0.1) is 53.3 Å². The third-order valence-corrected chi connectivity index (χ3v) is 9.38. The van der Waals surface area contributed by atoms with E-state index in [2.05, 4.69) is 0 Å². The second kappa shape index (κ2) is 3.26. The van der Waals surface area contributed by atoms with Crippen LogP contribution in [-0.4, -0.2) is 17.3 Å². The summed E-state index contributed by atoms with van der Waals surface area (Å²) < 4.78 is 5.84. The van der Waals surface area contributed by atoms with Gasteiger partial charge >= 0.3 is 5.97 Å². The molecule has 6 aliphatic carbocycles. The Morgan fingerprint density at radius 3 is 2.85 bits per heavy atom. The molecule has 1 heterocycles. The molecule has 0 aromatic carbocycles. The Bertz CT molecular complexity index is 519. The maximum atomic E-state index is 12.2. The minimum atomic E-state index is 0.144. The van der Waals surface area contributed by atoms with Crippen LogP contribution in [0.25, 0.3) is 0 Å². The van der Waals surface area contributed by atoms with Crippen LogP contribution in [0.3, 0.4) is 0 Å². The lowest BCUT2D eigenvalue weighted by atomic mass is 9.41. The van der Waals surface area contributed by atoms with Crippen molar-refractivity contribution in [3.05, 3.63) is 0 Å². The maximum Gasteiger partial charge on any atom is 0.309 e. The Balaban J connectivity index is 1.49. The van der Waals surface area contributed by atoms with Gasteiger partial charge in [0.1, 0.15) is 0 Å². The van der Waals surface area contributed by atoms with E-state index in [1.807, 2.05) is 0 Å². The Morgan fingerprint density at radius 2 is 1.95 bits per heavy atom. The summed E-state index contributed by atoms with van der Waals surface area (Å²) in [7, 11) is 0. The molecule has 0 aromatic heterocycles. The van der Waals surface area contributed by atoms with Gasteiger partial charge in [-0.2, -0.15) is 12.6 Å². The van der Waals surface area contributed by atoms with Gasteiger partial charge < -0.3 is 4.74 Å². The predicted octanol–water partition coefficient (Wildman–Crippen LogP) is 2.78. The number of rotatable bonds is 0. The van der Waals surface area contributed by atoms with Crippen LogP contribution in [0.5, 0.6) is 0 Å². The smallest absolute Gasteiger partial charge is 0.309 e. The zero-order chi connectivity index (χ0) is 13.2. The Labute approximate surface area is 125 Å². The number of carbonyl (C=O) groups excluding carboxylic acids is 1. The molecule has 2 nitrogen and oxygen atoms in total. The molecular formula is C17H22O2S. The zero-order valence-electron chi connectivity index (χ0n) is 11.7. The molecular weight excluding hydrogens is 268 g/mol. The summed E-state index contributed by atoms with van der Waals surface area (Å²) in [6.45, 7) is 0.737. The van der Waals surface area contributed by atoms with Crippen LogP contribution in [0.2, 0.25) is 0 Å². The van der Waals surface area contributed by atoms with Gasteiger partial charge in [-0.05, 0) is 73.5 Å². The number of ether oxygens (including phenoxy) is 1. The number of thiol groups is 1. The van der Waals surface area contributed by atoms with Crippen LogP contribution >= 0.6 is 12.6 Å². The van der Waals surface area contributed by atoms with Crippen LogP contribution in [-0.2, 0) is 9.53 Å². The van der Waals surface area contributed by atoms with Crippen molar-refractivity contribution < 1.29 is 9.53 Å². The molecule has 3 heteroatoms. The SMILES string of the molecule is O=C1OCC2C3CCC(C12)C1C3C2CC3CC1C3(S)C2. The normalized spacial score (nSPS) is 68.2. The summed E-state index contributed by atoms with van der Waals surface area (Å²) in [5, 5.41) is 0. The van der Waals surface area contributed by atoms with Crippen molar-refractivity contribution in [2.75, 3.05) is 6.61 Å². The molecule has 0 aromatic rings. The summed E-state index contributed by atoms with van der Waals surface area (Å²) >= 11 is 5.15. The summed E-state index contributed by atoms with van der Waals surface area (Å²) in [5.74, 6) is 6.80. The summed E-state index contributed by atoms with van der Waals surface area (Å²) in [4.78, 5) is 12.2. The van der Waals surface area contributed by atoms with Gasteiger partial charge in [0.2, 0.25) is 0 Å². The topological polar surface area (TPSA) is 26.3 Å². The highest BCUT2D eigenvalue weighted by atomic mass is 32.1. The fraction of sp³-hybridized carbons (Fsp3) is 0.941. The molecule has 108 valence electrons. The highest BCUT2D eigenvalue weighted by Crippen LogP contribution is 2.76. The number of esters is 1. The van der Waals surface area contributed by atoms with Crippen molar-refractivity contribution in [2.45, 2.75) is 36.9 Å². The Kier molecular flexibility index (Phi) is 1.86. The Morgan fingerprint density at radius 1 is 1.10 bits per heavy atom. The van der Waals surface area contributed by atoms with Gasteiger partial charge in [0, 0.05) is 10.7 Å². The molecule has 20 heavy (non-hydrogen) atoms. The average molecular weight is 290 g/mol. The van der Waals surface area contributed by atoms with Crippen molar-refractivity contribution in [2.24, 2.45) is 53.3 Å². The standard InChI is InChI=1S/C17H22O2S/c18-16-14-10-2-1-9(11(14)6-19-16)13-7-3-8-4-12(15(10)13)17(8,20)5-7/h7-15,20H,1-6H2. The van der Waals surface area contributed by atoms with E-state index in [-0.39, 0.29) is 11.9 Å². The maximum absolute atomic E-state index is 12.2. The van der Waals surface area contributed by atoms with Gasteiger partial charge in [0.15, 0.2) is 0 Å². The van der Waals surface area contributed by atoms with Crippen molar-refractivity contribution in [1.29, 1.82) is 0 Å². The molecule has 10 unspecified atom stereocenters. The van der Waals surface area contributed by atoms with Gasteiger partial charge in [-0.15, -0.1) is 0 Å². The molecule has 0 radical (unpaired) electrons. The first-order valence-corrected chi connectivity index (χ1v) is 9.02. The molecule has 0 N–H and O–H groups in total. The molecule has 4 bridgehead atoms. The van der Waals surface area contributed by atoms with Gasteiger partial charge in [0.25, 0.3) is 0 Å². The van der Waals surface area contributed by atoms with E-state index in [1.165, 1.54) is 32.1 Å². The summed E-state index contributed by atoms with van der Waals surface area (Å²) in [6, 6.07) is 0. The Hall–Kier alpha value is -0.180. The van der Waals surface area contributed by atoms with Gasteiger partial charge in [-0.25, -0.2) is 0 Å². The fourth-order valence-corrected chi connectivity index (χ4v) is 8.78. The van der Waals surface area contributed by atoms with Gasteiger partial charge in [0.05, 0.1) is 12.5 Å². The van der Waals surface area contributed by atoms with Crippen LogP contribution < -0.4 is 0 Å². The van der Waals surface area contributed by atoms with Gasteiger partial charge in [-0.3, -0.25) is 4.79 Å². The van der Waals surface area contributed by atoms with Crippen molar-refractivity contribution in [3.8, 4) is 0 Å². The highest BCUT2D eigenvalue weighted by Gasteiger charge is 2.73. The minimum Gasteiger partial charge on any atom is -0.465 e. The first-order valence-electron chi connectivity index (χ1n) is 8.57. The lowest BCUT2D eigenvalue weighted by molar-refractivity contribution is -0.158. The minimum absolute atomic E-state index is 0.144. The second-order valence-corrected chi connectivity index (χ2v) is 9.44. The monoisotopic (exact) mass is 290 g/mol. The quantitative estimate of drug-likeness (QED) is 0.548. The van der Waals surface area contributed by atoms with E-state index in [9.17, 15) is 4.79 Å². The van der Waals surface area contributed by atoms with Crippen molar-refractivity contribution in [3.63, 3.8) is 0 Å². The molecule has 1 saturated heterocycles. The number of hydrogen-bond acceptors (Lipinski definition) is 3. The lowest BCUT2D eigenvalue weighted by Gasteiger charge is -2.65. The first kappa shape index (κ1) is 11.4. The summed E-state index contributed by atoms with van der Waals surface area (Å²) in [6.07, 6.45) is 6.90. The van der Waals surface area contributed by atoms with Crippen LogP contribution in [0.1, 0.15) is 32.1 Å². The molecule has 10 atom stereocenters. The van der Waals surface area contributed by atoms with E-state index in [0.29, 0.717) is 16.6 Å². The first-order chi connectivity index (χ1) is 9.68. The number of fused-ring (bicyclic) bond motifs is 2. The molecule has 1 aliphatic heterocycles. The molecule has 7 rings (SSSR count). The van der Waals surface area contributed by atoms with Crippen LogP contribution in [0.4, 0.5) is 0 Å². The molecule has 6 saturated carbocycles. The largest absolute Gasteiger partial charge is 0.465 e. The molecule has 7 fully saturated rings. The number of cyclic esters (lactones) is 1. The predicted molar refractivity (Wildman–Crippen MR) is 77.2 cm³/mol. The lowest BCUT2D eigenvalue weighted by Crippen LogP contribution is -2.63. The van der Waals surface area contributed by atoms with E-state index in [0.717, 1.165) is 42.1 Å². The average Bonchev–Trinajstić information content (AvgIpc) is 2.84. The van der Waals surface area contributed by atoms with E-state index in [4.69, 9.17) is 17.4 Å². The van der Waals surface area contributed by atoms with E-state index in [1.54, 1.807) is 0 Å².